The van der Waals surface area contributed by atoms with Crippen LogP contribution in [0.2, 0.25) is 0 Å². The molecule has 2 aromatic heterocycles. The molecule has 3 heterocycles. The van der Waals surface area contributed by atoms with Crippen molar-refractivity contribution >= 4 is 50.3 Å². The van der Waals surface area contributed by atoms with E-state index in [4.69, 9.17) is 4.99 Å². The van der Waals surface area contributed by atoms with Crippen LogP contribution in [0, 0.1) is 0 Å². The number of rotatable bonds is 6. The van der Waals surface area contributed by atoms with Crippen LogP contribution in [0.5, 0.6) is 0 Å². The molecule has 31 heavy (non-hydrogen) atoms. The molecule has 0 amide bonds. The highest BCUT2D eigenvalue weighted by Crippen LogP contribution is 2.31. The van der Waals surface area contributed by atoms with Gasteiger partial charge >= 0.3 is 0 Å². The van der Waals surface area contributed by atoms with Gasteiger partial charge in [-0.1, -0.05) is 64.1 Å². The molecule has 0 saturated heterocycles. The second-order valence-electron chi connectivity index (χ2n) is 7.23. The van der Waals surface area contributed by atoms with Gasteiger partial charge in [0.25, 0.3) is 5.56 Å². The molecule has 0 spiro atoms. The Morgan fingerprint density at radius 3 is 2.77 bits per heavy atom. The summed E-state index contributed by atoms with van der Waals surface area (Å²) in [6, 6.07) is 16.3. The van der Waals surface area contributed by atoms with E-state index in [0.717, 1.165) is 28.7 Å². The Bertz CT molecular complexity index is 1350. The molecule has 0 fully saturated rings. The lowest BCUT2D eigenvalue weighted by Gasteiger charge is -2.12. The Morgan fingerprint density at radius 2 is 1.90 bits per heavy atom. The number of halogens is 1. The summed E-state index contributed by atoms with van der Waals surface area (Å²) < 4.78 is 2.74. The maximum absolute atomic E-state index is 13.2. The van der Waals surface area contributed by atoms with Crippen LogP contribution < -0.4 is 5.56 Å². The van der Waals surface area contributed by atoms with Gasteiger partial charge in [0.2, 0.25) is 0 Å². The smallest absolute Gasteiger partial charge is 0.282 e. The van der Waals surface area contributed by atoms with Crippen LogP contribution in [0.3, 0.4) is 0 Å². The van der Waals surface area contributed by atoms with Gasteiger partial charge in [0.05, 0.1) is 5.69 Å². The third-order valence-corrected chi connectivity index (χ3v) is 6.65. The largest absolute Gasteiger partial charge is 0.285 e. The zero-order chi connectivity index (χ0) is 21.2. The predicted molar refractivity (Wildman–Crippen MR) is 127 cm³/mol. The fourth-order valence-corrected chi connectivity index (χ4v) is 4.87. The molecule has 6 nitrogen and oxygen atoms in total. The van der Waals surface area contributed by atoms with Crippen LogP contribution in [-0.2, 0) is 19.4 Å². The molecule has 0 radical (unpaired) electrons. The standard InChI is InChI=1S/C23H18BrN5OS/c24-17-7-6-16-12-18(27-19(16)13-17)14-31-23-28-21-20(25-9-10-26-21)22(30)29(23)11-8-15-4-2-1-3-5-15/h1-7,9-10,13H,8,11-12,14H2. The number of aliphatic imine (C=N–C) groups is 1. The molecule has 154 valence electrons. The minimum atomic E-state index is -0.155. The molecule has 0 aliphatic carbocycles. The number of fused-ring (bicyclic) bond motifs is 2. The van der Waals surface area contributed by atoms with E-state index in [2.05, 4.69) is 49.1 Å². The lowest BCUT2D eigenvalue weighted by molar-refractivity contribution is 0.593. The Kier molecular flexibility index (Phi) is 5.65. The van der Waals surface area contributed by atoms with E-state index in [1.54, 1.807) is 10.8 Å². The number of benzene rings is 2. The van der Waals surface area contributed by atoms with Crippen molar-refractivity contribution in [2.45, 2.75) is 24.5 Å². The topological polar surface area (TPSA) is 73.0 Å². The molecular formula is C23H18BrN5OS. The maximum atomic E-state index is 13.2. The molecule has 0 atom stereocenters. The average molecular weight is 492 g/mol. The number of thioether (sulfide) groups is 1. The summed E-state index contributed by atoms with van der Waals surface area (Å²) in [6.07, 6.45) is 4.65. The third kappa shape index (κ3) is 4.31. The van der Waals surface area contributed by atoms with Crippen molar-refractivity contribution < 1.29 is 0 Å². The highest BCUT2D eigenvalue weighted by atomic mass is 79.9. The Labute approximate surface area is 191 Å². The molecule has 4 aromatic rings. The van der Waals surface area contributed by atoms with Gasteiger partial charge in [-0.15, -0.1) is 0 Å². The molecule has 5 rings (SSSR count). The quantitative estimate of drug-likeness (QED) is 0.290. The molecule has 0 bridgehead atoms. The van der Waals surface area contributed by atoms with Crippen molar-refractivity contribution in [2.24, 2.45) is 4.99 Å². The number of hydrogen-bond donors (Lipinski definition) is 0. The van der Waals surface area contributed by atoms with E-state index in [-0.39, 0.29) is 5.56 Å². The van der Waals surface area contributed by atoms with Crippen LogP contribution in [0.4, 0.5) is 5.69 Å². The first-order valence-corrected chi connectivity index (χ1v) is 11.7. The molecule has 0 saturated carbocycles. The number of hydrogen-bond acceptors (Lipinski definition) is 6. The van der Waals surface area contributed by atoms with Crippen LogP contribution in [0.25, 0.3) is 11.2 Å². The van der Waals surface area contributed by atoms with Gasteiger partial charge in [-0.05, 0) is 29.7 Å². The first kappa shape index (κ1) is 20.1. The molecule has 2 aromatic carbocycles. The molecular weight excluding hydrogens is 474 g/mol. The van der Waals surface area contributed by atoms with Gasteiger partial charge in [0, 0.05) is 41.3 Å². The summed E-state index contributed by atoms with van der Waals surface area (Å²) in [6.45, 7) is 0.532. The molecule has 1 aliphatic heterocycles. The normalized spacial score (nSPS) is 12.7. The molecule has 8 heteroatoms. The van der Waals surface area contributed by atoms with E-state index < -0.39 is 0 Å². The van der Waals surface area contributed by atoms with Gasteiger partial charge in [-0.3, -0.25) is 14.4 Å². The van der Waals surface area contributed by atoms with Gasteiger partial charge in [-0.25, -0.2) is 15.0 Å². The van der Waals surface area contributed by atoms with E-state index in [1.807, 2.05) is 30.3 Å². The highest BCUT2D eigenvalue weighted by molar-refractivity contribution is 9.10. The minimum absolute atomic E-state index is 0.155. The van der Waals surface area contributed by atoms with Crippen molar-refractivity contribution in [3.8, 4) is 0 Å². The van der Waals surface area contributed by atoms with E-state index in [0.29, 0.717) is 28.6 Å². The lowest BCUT2D eigenvalue weighted by Crippen LogP contribution is -2.25. The number of aryl methyl sites for hydroxylation is 1. The summed E-state index contributed by atoms with van der Waals surface area (Å²) in [7, 11) is 0. The molecule has 0 unspecified atom stereocenters. The fourth-order valence-electron chi connectivity index (χ4n) is 3.57. The van der Waals surface area contributed by atoms with Gasteiger partial charge in [0.15, 0.2) is 16.3 Å². The molecule has 1 aliphatic rings. The highest BCUT2D eigenvalue weighted by Gasteiger charge is 2.18. The zero-order valence-corrected chi connectivity index (χ0v) is 18.9. The van der Waals surface area contributed by atoms with Crippen molar-refractivity contribution in [1.82, 2.24) is 19.5 Å². The average Bonchev–Trinajstić information content (AvgIpc) is 3.20. The Hall–Kier alpha value is -2.84. The van der Waals surface area contributed by atoms with Crippen LogP contribution >= 0.6 is 27.7 Å². The maximum Gasteiger partial charge on any atom is 0.282 e. The van der Waals surface area contributed by atoms with Gasteiger partial charge in [0.1, 0.15) is 0 Å². The SMILES string of the molecule is O=c1c2nccnc2nc(SCC2=Nc3cc(Br)ccc3C2)n1CCc1ccccc1. The minimum Gasteiger partial charge on any atom is -0.285 e. The van der Waals surface area contributed by atoms with Crippen LogP contribution in [0.15, 0.2) is 80.3 Å². The Morgan fingerprint density at radius 1 is 1.06 bits per heavy atom. The van der Waals surface area contributed by atoms with E-state index in [1.165, 1.54) is 29.1 Å². The predicted octanol–water partition coefficient (Wildman–Crippen LogP) is 4.61. The van der Waals surface area contributed by atoms with Gasteiger partial charge < -0.3 is 0 Å². The van der Waals surface area contributed by atoms with Crippen molar-refractivity contribution in [2.75, 3.05) is 5.75 Å². The summed E-state index contributed by atoms with van der Waals surface area (Å²) in [5.74, 6) is 0.663. The second-order valence-corrected chi connectivity index (χ2v) is 9.09. The van der Waals surface area contributed by atoms with Crippen molar-refractivity contribution in [3.05, 3.63) is 86.9 Å². The third-order valence-electron chi connectivity index (χ3n) is 5.11. The van der Waals surface area contributed by atoms with Crippen LogP contribution in [-0.4, -0.2) is 31.0 Å². The first-order valence-electron chi connectivity index (χ1n) is 9.90. The summed E-state index contributed by atoms with van der Waals surface area (Å²) in [5.41, 5.74) is 4.99. The van der Waals surface area contributed by atoms with E-state index in [9.17, 15) is 4.79 Å². The summed E-state index contributed by atoms with van der Waals surface area (Å²) in [4.78, 5) is 31.0. The first-order chi connectivity index (χ1) is 15.2. The number of aromatic nitrogens is 4. The van der Waals surface area contributed by atoms with Gasteiger partial charge in [-0.2, -0.15) is 0 Å². The lowest BCUT2D eigenvalue weighted by atomic mass is 10.1. The monoisotopic (exact) mass is 491 g/mol. The number of nitrogens with zero attached hydrogens (tertiary/aromatic N) is 5. The molecule has 0 N–H and O–H groups in total. The van der Waals surface area contributed by atoms with Crippen molar-refractivity contribution in [1.29, 1.82) is 0 Å². The fraction of sp³-hybridized carbons (Fsp3) is 0.174. The summed E-state index contributed by atoms with van der Waals surface area (Å²) in [5, 5.41) is 0.647. The van der Waals surface area contributed by atoms with E-state index >= 15 is 0 Å². The summed E-state index contributed by atoms with van der Waals surface area (Å²) >= 11 is 5.03. The second kappa shape index (κ2) is 8.72. The van der Waals surface area contributed by atoms with Crippen LogP contribution in [0.1, 0.15) is 11.1 Å². The Balaban J connectivity index is 1.43. The van der Waals surface area contributed by atoms with Crippen molar-refractivity contribution in [3.63, 3.8) is 0 Å². The zero-order valence-electron chi connectivity index (χ0n) is 16.5.